The number of hydrogen-bond acceptors (Lipinski definition) is 3. The van der Waals surface area contributed by atoms with Crippen LogP contribution in [0.4, 0.5) is 11.4 Å². The molecule has 1 heterocycles. The number of anilines is 2. The summed E-state index contributed by atoms with van der Waals surface area (Å²) in [5.74, 6) is 0.818. The highest BCUT2D eigenvalue weighted by molar-refractivity contribution is 5.75. The second-order valence-corrected chi connectivity index (χ2v) is 6.92. The molecule has 3 rings (SSSR count). The first-order valence-corrected chi connectivity index (χ1v) is 9.65. The molecule has 1 saturated heterocycles. The van der Waals surface area contributed by atoms with E-state index in [1.165, 1.54) is 17.8 Å². The van der Waals surface area contributed by atoms with Crippen LogP contribution in [0.5, 0.6) is 0 Å². The third-order valence-corrected chi connectivity index (χ3v) is 5.06. The van der Waals surface area contributed by atoms with Crippen molar-refractivity contribution in [2.75, 3.05) is 24.5 Å². The maximum absolute atomic E-state index is 12.0. The summed E-state index contributed by atoms with van der Waals surface area (Å²) in [4.78, 5) is 14.3. The monoisotopic (exact) mass is 351 g/mol. The van der Waals surface area contributed by atoms with Gasteiger partial charge in [-0.25, -0.2) is 0 Å². The molecule has 1 amide bonds. The van der Waals surface area contributed by atoms with Crippen LogP contribution in [0, 0.1) is 5.92 Å². The van der Waals surface area contributed by atoms with E-state index in [1.54, 1.807) is 0 Å². The smallest absolute Gasteiger partial charge is 0.220 e. The Labute approximate surface area is 156 Å². The van der Waals surface area contributed by atoms with Gasteiger partial charge in [0.1, 0.15) is 0 Å². The van der Waals surface area contributed by atoms with Crippen molar-refractivity contribution >= 4 is 17.3 Å². The Kier molecular flexibility index (Phi) is 6.67. The van der Waals surface area contributed by atoms with Crippen molar-refractivity contribution in [3.63, 3.8) is 0 Å². The van der Waals surface area contributed by atoms with Gasteiger partial charge in [0.25, 0.3) is 0 Å². The molecular weight excluding hydrogens is 322 g/mol. The van der Waals surface area contributed by atoms with Gasteiger partial charge in [-0.15, -0.1) is 0 Å². The fourth-order valence-corrected chi connectivity index (χ4v) is 3.50. The summed E-state index contributed by atoms with van der Waals surface area (Å²) in [6, 6.07) is 18.9. The molecule has 1 unspecified atom stereocenters. The maximum atomic E-state index is 12.0. The SMILES string of the molecule is CCN(c1ccccc1)c1ccc(CNC(=O)CCC2CCNC2)cc1. The zero-order valence-corrected chi connectivity index (χ0v) is 15.6. The fraction of sp³-hybridized carbons (Fsp3) is 0.409. The Hall–Kier alpha value is -2.33. The van der Waals surface area contributed by atoms with E-state index in [4.69, 9.17) is 0 Å². The van der Waals surface area contributed by atoms with E-state index in [1.807, 2.05) is 6.07 Å². The highest BCUT2D eigenvalue weighted by Gasteiger charge is 2.15. The van der Waals surface area contributed by atoms with Gasteiger partial charge in [-0.1, -0.05) is 30.3 Å². The van der Waals surface area contributed by atoms with Crippen molar-refractivity contribution < 1.29 is 4.79 Å². The molecule has 1 aliphatic heterocycles. The average Bonchev–Trinajstić information content (AvgIpc) is 3.21. The molecule has 138 valence electrons. The number of amides is 1. The topological polar surface area (TPSA) is 44.4 Å². The molecule has 0 aromatic heterocycles. The van der Waals surface area contributed by atoms with Gasteiger partial charge < -0.3 is 15.5 Å². The zero-order chi connectivity index (χ0) is 18.2. The van der Waals surface area contributed by atoms with E-state index < -0.39 is 0 Å². The number of rotatable bonds is 8. The number of nitrogens with zero attached hydrogens (tertiary/aromatic N) is 1. The van der Waals surface area contributed by atoms with Crippen molar-refractivity contribution in [2.24, 2.45) is 5.92 Å². The van der Waals surface area contributed by atoms with Crippen LogP contribution in [-0.2, 0) is 11.3 Å². The van der Waals surface area contributed by atoms with Crippen LogP contribution in [0.1, 0.15) is 31.7 Å². The normalized spacial score (nSPS) is 16.4. The quantitative estimate of drug-likeness (QED) is 0.759. The lowest BCUT2D eigenvalue weighted by molar-refractivity contribution is -0.121. The van der Waals surface area contributed by atoms with E-state index in [0.29, 0.717) is 18.9 Å². The van der Waals surface area contributed by atoms with E-state index in [-0.39, 0.29) is 5.91 Å². The van der Waals surface area contributed by atoms with Crippen LogP contribution in [0.15, 0.2) is 54.6 Å². The van der Waals surface area contributed by atoms with E-state index in [2.05, 4.69) is 71.0 Å². The molecule has 0 aliphatic carbocycles. The lowest BCUT2D eigenvalue weighted by Crippen LogP contribution is -2.23. The summed E-state index contributed by atoms with van der Waals surface area (Å²) in [5.41, 5.74) is 3.49. The molecule has 4 heteroatoms. The first-order chi connectivity index (χ1) is 12.8. The third kappa shape index (κ3) is 5.09. The minimum absolute atomic E-state index is 0.153. The van der Waals surface area contributed by atoms with Gasteiger partial charge in [-0.05, 0) is 68.6 Å². The predicted molar refractivity (Wildman–Crippen MR) is 108 cm³/mol. The highest BCUT2D eigenvalue weighted by Crippen LogP contribution is 2.25. The van der Waals surface area contributed by atoms with Gasteiger partial charge in [0.05, 0.1) is 0 Å². The second-order valence-electron chi connectivity index (χ2n) is 6.92. The summed E-state index contributed by atoms with van der Waals surface area (Å²) in [6.07, 6.45) is 2.81. The third-order valence-electron chi connectivity index (χ3n) is 5.06. The molecule has 0 spiro atoms. The summed E-state index contributed by atoms with van der Waals surface area (Å²) < 4.78 is 0. The van der Waals surface area contributed by atoms with Crippen LogP contribution in [0.2, 0.25) is 0 Å². The summed E-state index contributed by atoms with van der Waals surface area (Å²) in [7, 11) is 0. The molecule has 26 heavy (non-hydrogen) atoms. The summed E-state index contributed by atoms with van der Waals surface area (Å²) in [5, 5.41) is 6.39. The molecule has 1 fully saturated rings. The summed E-state index contributed by atoms with van der Waals surface area (Å²) in [6.45, 7) is 5.82. The molecule has 0 bridgehead atoms. The lowest BCUT2D eigenvalue weighted by atomic mass is 10.0. The van der Waals surface area contributed by atoms with Gasteiger partial charge >= 0.3 is 0 Å². The molecule has 1 atom stereocenters. The van der Waals surface area contributed by atoms with Crippen LogP contribution in [-0.4, -0.2) is 25.5 Å². The molecule has 4 nitrogen and oxygen atoms in total. The van der Waals surface area contributed by atoms with Crippen LogP contribution in [0.3, 0.4) is 0 Å². The zero-order valence-electron chi connectivity index (χ0n) is 15.6. The molecule has 0 radical (unpaired) electrons. The average molecular weight is 351 g/mol. The second kappa shape index (κ2) is 9.39. The van der Waals surface area contributed by atoms with Crippen molar-refractivity contribution in [2.45, 2.75) is 32.7 Å². The molecule has 1 aliphatic rings. The van der Waals surface area contributed by atoms with Crippen LogP contribution >= 0.6 is 0 Å². The van der Waals surface area contributed by atoms with Gasteiger partial charge in [-0.3, -0.25) is 4.79 Å². The van der Waals surface area contributed by atoms with Crippen LogP contribution in [0.25, 0.3) is 0 Å². The summed E-state index contributed by atoms with van der Waals surface area (Å²) >= 11 is 0. The van der Waals surface area contributed by atoms with Gasteiger partial charge in [0.15, 0.2) is 0 Å². The molecule has 0 saturated carbocycles. The number of benzene rings is 2. The van der Waals surface area contributed by atoms with Crippen molar-refractivity contribution in [1.82, 2.24) is 10.6 Å². The Morgan fingerprint density at radius 2 is 1.85 bits per heavy atom. The standard InChI is InChI=1S/C22H29N3O/c1-2-25(20-6-4-3-5-7-20)21-11-8-18(9-12-21)17-24-22(26)13-10-19-14-15-23-16-19/h3-9,11-12,19,23H,2,10,13-17H2,1H3,(H,24,26). The minimum atomic E-state index is 0.153. The maximum Gasteiger partial charge on any atom is 0.220 e. The fourth-order valence-electron chi connectivity index (χ4n) is 3.50. The molecular formula is C22H29N3O. The highest BCUT2D eigenvalue weighted by atomic mass is 16.1. The predicted octanol–water partition coefficient (Wildman–Crippen LogP) is 3.85. The lowest BCUT2D eigenvalue weighted by Gasteiger charge is -2.23. The van der Waals surface area contributed by atoms with Gasteiger partial charge in [0.2, 0.25) is 5.91 Å². The number of carbonyl (C=O) groups excluding carboxylic acids is 1. The van der Waals surface area contributed by atoms with E-state index in [0.717, 1.165) is 31.6 Å². The van der Waals surface area contributed by atoms with E-state index in [9.17, 15) is 4.79 Å². The minimum Gasteiger partial charge on any atom is -0.352 e. The van der Waals surface area contributed by atoms with Gasteiger partial charge in [-0.2, -0.15) is 0 Å². The Morgan fingerprint density at radius 3 is 2.50 bits per heavy atom. The number of nitrogens with one attached hydrogen (secondary N) is 2. The molecule has 2 aromatic rings. The first-order valence-electron chi connectivity index (χ1n) is 9.65. The van der Waals surface area contributed by atoms with Crippen molar-refractivity contribution in [1.29, 1.82) is 0 Å². The molecule has 2 aromatic carbocycles. The number of hydrogen-bond donors (Lipinski definition) is 2. The Bertz CT molecular complexity index is 678. The first kappa shape index (κ1) is 18.5. The largest absolute Gasteiger partial charge is 0.352 e. The molecule has 2 N–H and O–H groups in total. The number of para-hydroxylation sites is 1. The number of carbonyl (C=O) groups is 1. The Morgan fingerprint density at radius 1 is 1.12 bits per heavy atom. The van der Waals surface area contributed by atoms with Crippen molar-refractivity contribution in [3.05, 3.63) is 60.2 Å². The van der Waals surface area contributed by atoms with Crippen LogP contribution < -0.4 is 15.5 Å². The van der Waals surface area contributed by atoms with Crippen molar-refractivity contribution in [3.8, 4) is 0 Å². The Balaban J connectivity index is 1.50. The van der Waals surface area contributed by atoms with E-state index >= 15 is 0 Å². The van der Waals surface area contributed by atoms with Gasteiger partial charge in [0, 0.05) is 30.9 Å².